The summed E-state index contributed by atoms with van der Waals surface area (Å²) in [6, 6.07) is 7.70. The van der Waals surface area contributed by atoms with Crippen molar-refractivity contribution in [1.29, 1.82) is 0 Å². The molecule has 0 N–H and O–H groups in total. The highest BCUT2D eigenvalue weighted by atomic mass is 79.9. The second-order valence-corrected chi connectivity index (χ2v) is 7.09. The van der Waals surface area contributed by atoms with Crippen LogP contribution in [-0.2, 0) is 4.79 Å². The number of aliphatic imine (C=N–C) groups is 1. The van der Waals surface area contributed by atoms with E-state index in [1.807, 2.05) is 36.4 Å². The molecule has 4 rings (SSSR count). The molecular weight excluding hydrogens is 362 g/mol. The van der Waals surface area contributed by atoms with Crippen LogP contribution >= 0.6 is 27.5 Å². The van der Waals surface area contributed by atoms with Crippen LogP contribution in [0.3, 0.4) is 0 Å². The van der Waals surface area contributed by atoms with E-state index in [4.69, 9.17) is 16.6 Å². The van der Waals surface area contributed by atoms with Gasteiger partial charge in [-0.1, -0.05) is 23.7 Å². The highest BCUT2D eigenvalue weighted by Gasteiger charge is 2.46. The van der Waals surface area contributed by atoms with Gasteiger partial charge < -0.3 is 0 Å². The summed E-state index contributed by atoms with van der Waals surface area (Å²) in [4.78, 5) is 16.5. The van der Waals surface area contributed by atoms with Crippen LogP contribution in [-0.4, -0.2) is 17.0 Å². The summed E-state index contributed by atoms with van der Waals surface area (Å²) in [5.74, 6) is 0.567. The van der Waals surface area contributed by atoms with Gasteiger partial charge in [0.2, 0.25) is 0 Å². The molecule has 0 radical (unpaired) electrons. The summed E-state index contributed by atoms with van der Waals surface area (Å²) in [7, 11) is 0. The zero-order chi connectivity index (χ0) is 15.3. The molecule has 22 heavy (non-hydrogen) atoms. The average molecular weight is 375 g/mol. The molecule has 1 aliphatic heterocycles. The van der Waals surface area contributed by atoms with E-state index in [9.17, 15) is 4.79 Å². The van der Waals surface area contributed by atoms with E-state index < -0.39 is 5.54 Å². The molecule has 1 heterocycles. The number of allylic oxidation sites excluding steroid dienone is 3. The number of carbonyl (C=O) groups excluding carboxylic acids is 1. The van der Waals surface area contributed by atoms with Crippen molar-refractivity contribution in [3.05, 3.63) is 69.2 Å². The Bertz CT molecular complexity index is 766. The fourth-order valence-corrected chi connectivity index (χ4v) is 4.14. The lowest BCUT2D eigenvalue weighted by atomic mass is 9.84. The van der Waals surface area contributed by atoms with Crippen molar-refractivity contribution < 1.29 is 4.79 Å². The Balaban J connectivity index is 1.85. The third kappa shape index (κ3) is 2.24. The van der Waals surface area contributed by atoms with Crippen molar-refractivity contribution >= 4 is 39.0 Å². The molecule has 3 aliphatic rings. The maximum absolute atomic E-state index is 11.5. The summed E-state index contributed by atoms with van der Waals surface area (Å²) in [5.41, 5.74) is 2.74. The summed E-state index contributed by atoms with van der Waals surface area (Å²) in [5, 5.41) is 0.711. The maximum atomic E-state index is 11.5. The van der Waals surface area contributed by atoms with E-state index in [0.717, 1.165) is 15.8 Å². The molecule has 2 aliphatic carbocycles. The summed E-state index contributed by atoms with van der Waals surface area (Å²) in [6.07, 6.45) is 9.46. The third-order valence-electron chi connectivity index (χ3n) is 4.28. The Morgan fingerprint density at radius 2 is 1.77 bits per heavy atom. The van der Waals surface area contributed by atoms with E-state index in [1.54, 1.807) is 12.2 Å². The van der Waals surface area contributed by atoms with Crippen LogP contribution in [0.25, 0.3) is 0 Å². The summed E-state index contributed by atoms with van der Waals surface area (Å²) < 4.78 is 1.06. The predicted octanol–water partition coefficient (Wildman–Crippen LogP) is 4.64. The third-order valence-corrected chi connectivity index (χ3v) is 5.33. The minimum absolute atomic E-state index is 0.0204. The molecule has 1 fully saturated rings. The fourth-order valence-electron chi connectivity index (χ4n) is 3.06. The molecule has 110 valence electrons. The van der Waals surface area contributed by atoms with Crippen molar-refractivity contribution in [3.8, 4) is 0 Å². The Hall–Kier alpha value is -1.45. The summed E-state index contributed by atoms with van der Waals surface area (Å²) in [6.45, 7) is 0. The first kappa shape index (κ1) is 14.2. The molecular formula is C18H13BrClNO. The van der Waals surface area contributed by atoms with Gasteiger partial charge in [-0.2, -0.15) is 0 Å². The highest BCUT2D eigenvalue weighted by Crippen LogP contribution is 2.51. The quantitative estimate of drug-likeness (QED) is 0.742. The smallest absolute Gasteiger partial charge is 0.178 e. The number of nitrogens with zero attached hydrogens (tertiary/aromatic N) is 1. The molecule has 4 heteroatoms. The number of halogens is 2. The van der Waals surface area contributed by atoms with E-state index in [2.05, 4.69) is 15.9 Å². The van der Waals surface area contributed by atoms with Crippen LogP contribution in [0.1, 0.15) is 18.4 Å². The van der Waals surface area contributed by atoms with Crippen LogP contribution in [0.4, 0.5) is 0 Å². The SMILES string of the molecule is O=C1C=CC2(C=C1)N=C(c1ccc(Cl)cc1)C(Br)=C2C1CC1. The molecule has 0 atom stereocenters. The number of carbonyl (C=O) groups is 1. The predicted molar refractivity (Wildman–Crippen MR) is 92.7 cm³/mol. The summed E-state index contributed by atoms with van der Waals surface area (Å²) >= 11 is 9.73. The van der Waals surface area contributed by atoms with Crippen LogP contribution in [0.2, 0.25) is 5.02 Å². The van der Waals surface area contributed by atoms with E-state index in [0.29, 0.717) is 10.9 Å². The molecule has 1 aromatic rings. The van der Waals surface area contributed by atoms with Crippen LogP contribution in [0.15, 0.2) is 63.6 Å². The first-order chi connectivity index (χ1) is 10.6. The second kappa shape index (κ2) is 5.04. The zero-order valence-electron chi connectivity index (χ0n) is 11.7. The minimum Gasteiger partial charge on any atom is -0.290 e. The van der Waals surface area contributed by atoms with Crippen LogP contribution in [0.5, 0.6) is 0 Å². The van der Waals surface area contributed by atoms with Crippen LogP contribution in [0, 0.1) is 5.92 Å². The van der Waals surface area contributed by atoms with Gasteiger partial charge in [0.05, 0.1) is 5.71 Å². The molecule has 0 unspecified atom stereocenters. The lowest BCUT2D eigenvalue weighted by Crippen LogP contribution is -2.25. The highest BCUT2D eigenvalue weighted by molar-refractivity contribution is 9.12. The molecule has 1 saturated carbocycles. The lowest BCUT2D eigenvalue weighted by Gasteiger charge is -2.24. The molecule has 1 spiro atoms. The molecule has 0 aromatic heterocycles. The maximum Gasteiger partial charge on any atom is 0.178 e. The van der Waals surface area contributed by atoms with Gasteiger partial charge in [-0.3, -0.25) is 9.79 Å². The standard InChI is InChI=1S/C18H13BrClNO/c19-16-15(11-1-2-11)18(9-7-14(22)8-10-18)21-17(16)12-3-5-13(20)6-4-12/h3-11H,1-2H2. The van der Waals surface area contributed by atoms with E-state index in [1.165, 1.54) is 18.4 Å². The zero-order valence-corrected chi connectivity index (χ0v) is 14.1. The number of rotatable bonds is 2. The van der Waals surface area contributed by atoms with Gasteiger partial charge in [0.25, 0.3) is 0 Å². The fraction of sp³-hybridized carbons (Fsp3) is 0.222. The monoisotopic (exact) mass is 373 g/mol. The lowest BCUT2D eigenvalue weighted by molar-refractivity contribution is -0.110. The van der Waals surface area contributed by atoms with Gasteiger partial charge in [0.1, 0.15) is 5.54 Å². The van der Waals surface area contributed by atoms with Gasteiger partial charge in [-0.05, 0) is 76.7 Å². The Kier molecular flexibility index (Phi) is 3.24. The van der Waals surface area contributed by atoms with Crippen molar-refractivity contribution in [2.75, 3.05) is 0 Å². The topological polar surface area (TPSA) is 29.4 Å². The van der Waals surface area contributed by atoms with Gasteiger partial charge in [-0.15, -0.1) is 0 Å². The Morgan fingerprint density at radius 3 is 2.36 bits per heavy atom. The van der Waals surface area contributed by atoms with Gasteiger partial charge in [0, 0.05) is 15.1 Å². The average Bonchev–Trinajstić information content (AvgIpc) is 3.30. The van der Waals surface area contributed by atoms with Crippen molar-refractivity contribution in [2.45, 2.75) is 18.4 Å². The number of hydrogen-bond donors (Lipinski definition) is 0. The van der Waals surface area contributed by atoms with E-state index >= 15 is 0 Å². The number of hydrogen-bond acceptors (Lipinski definition) is 2. The number of ketones is 1. The Morgan fingerprint density at radius 1 is 1.14 bits per heavy atom. The normalized spacial score (nSPS) is 22.6. The molecule has 0 saturated heterocycles. The molecule has 2 nitrogen and oxygen atoms in total. The van der Waals surface area contributed by atoms with Crippen molar-refractivity contribution in [3.63, 3.8) is 0 Å². The van der Waals surface area contributed by atoms with Gasteiger partial charge >= 0.3 is 0 Å². The van der Waals surface area contributed by atoms with Gasteiger partial charge in [-0.25, -0.2) is 0 Å². The van der Waals surface area contributed by atoms with Crippen molar-refractivity contribution in [2.24, 2.45) is 10.9 Å². The first-order valence-electron chi connectivity index (χ1n) is 7.28. The first-order valence-corrected chi connectivity index (χ1v) is 8.45. The Labute approximate surface area is 142 Å². The van der Waals surface area contributed by atoms with Gasteiger partial charge in [0.15, 0.2) is 5.78 Å². The molecule has 0 bridgehead atoms. The van der Waals surface area contributed by atoms with E-state index in [-0.39, 0.29) is 5.78 Å². The largest absolute Gasteiger partial charge is 0.290 e. The number of benzene rings is 1. The minimum atomic E-state index is -0.497. The van der Waals surface area contributed by atoms with Crippen LogP contribution < -0.4 is 0 Å². The van der Waals surface area contributed by atoms with Crippen molar-refractivity contribution in [1.82, 2.24) is 0 Å². The molecule has 1 aromatic carbocycles. The molecule has 0 amide bonds. The second-order valence-electron chi connectivity index (χ2n) is 5.86.